The lowest BCUT2D eigenvalue weighted by Crippen LogP contribution is -2.48. The van der Waals surface area contributed by atoms with Gasteiger partial charge in [0.05, 0.1) is 12.1 Å². The van der Waals surface area contributed by atoms with E-state index in [1.165, 1.54) is 23.3 Å². The quantitative estimate of drug-likeness (QED) is 0.662. The van der Waals surface area contributed by atoms with Crippen LogP contribution >= 0.6 is 0 Å². The topological polar surface area (TPSA) is 50.1 Å². The van der Waals surface area contributed by atoms with E-state index < -0.39 is 0 Å². The first-order chi connectivity index (χ1) is 14.0. The van der Waals surface area contributed by atoms with Gasteiger partial charge in [-0.15, -0.1) is 5.10 Å². The van der Waals surface area contributed by atoms with Crippen molar-refractivity contribution >= 4 is 5.69 Å². The van der Waals surface area contributed by atoms with E-state index in [1.54, 1.807) is 0 Å². The Hall–Kier alpha value is -2.80. The number of aryl methyl sites for hydroxylation is 1. The van der Waals surface area contributed by atoms with Gasteiger partial charge in [0.15, 0.2) is 5.82 Å². The minimum absolute atomic E-state index is 0.00312. The van der Waals surface area contributed by atoms with Crippen molar-refractivity contribution in [2.45, 2.75) is 32.9 Å². The predicted octanol–water partition coefficient (Wildman–Crippen LogP) is 3.61. The molecule has 0 aliphatic carbocycles. The molecule has 7 heteroatoms. The summed E-state index contributed by atoms with van der Waals surface area (Å²) in [5, 5.41) is 12.6. The second-order valence-corrected chi connectivity index (χ2v) is 7.89. The second kappa shape index (κ2) is 8.29. The first-order valence-electron chi connectivity index (χ1n) is 10.1. The summed E-state index contributed by atoms with van der Waals surface area (Å²) >= 11 is 0. The van der Waals surface area contributed by atoms with Crippen LogP contribution < -0.4 is 4.90 Å². The summed E-state index contributed by atoms with van der Waals surface area (Å²) in [5.74, 6) is 0.673. The number of aromatic nitrogens is 4. The minimum atomic E-state index is -0.202. The van der Waals surface area contributed by atoms with E-state index in [9.17, 15) is 4.39 Å². The third kappa shape index (κ3) is 4.15. The van der Waals surface area contributed by atoms with Gasteiger partial charge in [0.25, 0.3) is 0 Å². The van der Waals surface area contributed by atoms with Crippen molar-refractivity contribution in [2.75, 3.05) is 31.1 Å². The van der Waals surface area contributed by atoms with Gasteiger partial charge < -0.3 is 4.90 Å². The molecule has 1 aliphatic rings. The van der Waals surface area contributed by atoms with Crippen molar-refractivity contribution in [1.29, 1.82) is 0 Å². The fourth-order valence-corrected chi connectivity index (χ4v) is 3.91. The van der Waals surface area contributed by atoms with Crippen LogP contribution in [0.2, 0.25) is 0 Å². The predicted molar refractivity (Wildman–Crippen MR) is 111 cm³/mol. The van der Waals surface area contributed by atoms with Gasteiger partial charge in [-0.3, -0.25) is 4.90 Å². The lowest BCUT2D eigenvalue weighted by Gasteiger charge is -2.40. The molecule has 152 valence electrons. The normalized spacial score (nSPS) is 16.4. The third-order valence-electron chi connectivity index (χ3n) is 5.52. The van der Waals surface area contributed by atoms with Crippen LogP contribution in [0.25, 0.3) is 0 Å². The Morgan fingerprint density at radius 2 is 1.55 bits per heavy atom. The zero-order valence-electron chi connectivity index (χ0n) is 17.2. The van der Waals surface area contributed by atoms with Crippen molar-refractivity contribution in [3.05, 3.63) is 71.3 Å². The summed E-state index contributed by atoms with van der Waals surface area (Å²) in [7, 11) is 0. The molecule has 0 amide bonds. The van der Waals surface area contributed by atoms with E-state index in [1.807, 2.05) is 16.8 Å². The number of halogens is 1. The Bertz CT molecular complexity index is 927. The summed E-state index contributed by atoms with van der Waals surface area (Å²) < 4.78 is 15.2. The first-order valence-corrected chi connectivity index (χ1v) is 10.1. The minimum Gasteiger partial charge on any atom is -0.369 e. The SMILES string of the molecule is Cc1ccc([C@H](c2nnnn2C(C)C)N2CCN(c3ccc(F)cc3)CC2)cc1. The van der Waals surface area contributed by atoms with Crippen LogP contribution in [0.4, 0.5) is 10.1 Å². The van der Waals surface area contributed by atoms with Crippen molar-refractivity contribution in [3.63, 3.8) is 0 Å². The molecule has 0 radical (unpaired) electrons. The Kier molecular flexibility index (Phi) is 5.58. The molecule has 1 fully saturated rings. The highest BCUT2D eigenvalue weighted by Crippen LogP contribution is 2.30. The van der Waals surface area contributed by atoms with Gasteiger partial charge in [0.2, 0.25) is 0 Å². The van der Waals surface area contributed by atoms with E-state index in [-0.39, 0.29) is 17.9 Å². The standard InChI is InChI=1S/C22H27FN6/c1-16(2)29-22(24-25-26-29)21(18-6-4-17(3)5-7-18)28-14-12-27(13-15-28)20-10-8-19(23)9-11-20/h4-11,16,21H,12-15H2,1-3H3/t21-/m1/s1. The number of tetrazole rings is 1. The summed E-state index contributed by atoms with van der Waals surface area (Å²) in [6, 6.07) is 15.6. The van der Waals surface area contributed by atoms with Gasteiger partial charge in [-0.2, -0.15) is 0 Å². The van der Waals surface area contributed by atoms with Crippen LogP contribution in [-0.4, -0.2) is 51.3 Å². The zero-order valence-corrected chi connectivity index (χ0v) is 17.2. The average Bonchev–Trinajstić information content (AvgIpc) is 3.21. The molecule has 1 saturated heterocycles. The number of anilines is 1. The molecule has 3 aromatic rings. The largest absolute Gasteiger partial charge is 0.369 e. The molecule has 0 spiro atoms. The molecular weight excluding hydrogens is 367 g/mol. The fourth-order valence-electron chi connectivity index (χ4n) is 3.91. The number of benzene rings is 2. The van der Waals surface area contributed by atoms with Gasteiger partial charge in [0, 0.05) is 31.9 Å². The molecular formula is C22H27FN6. The highest BCUT2D eigenvalue weighted by molar-refractivity contribution is 5.46. The molecule has 1 aliphatic heterocycles. The summed E-state index contributed by atoms with van der Waals surface area (Å²) in [6.07, 6.45) is 0. The molecule has 0 unspecified atom stereocenters. The summed E-state index contributed by atoms with van der Waals surface area (Å²) in [6.45, 7) is 9.78. The van der Waals surface area contributed by atoms with Crippen LogP contribution in [0.1, 0.15) is 42.9 Å². The number of hydrogen-bond acceptors (Lipinski definition) is 5. The maximum atomic E-state index is 13.3. The van der Waals surface area contributed by atoms with Crippen LogP contribution in [0.15, 0.2) is 48.5 Å². The number of hydrogen-bond donors (Lipinski definition) is 0. The van der Waals surface area contributed by atoms with E-state index in [0.29, 0.717) is 0 Å². The van der Waals surface area contributed by atoms with Crippen molar-refractivity contribution < 1.29 is 4.39 Å². The van der Waals surface area contributed by atoms with Crippen LogP contribution in [0.3, 0.4) is 0 Å². The molecule has 0 saturated carbocycles. The lowest BCUT2D eigenvalue weighted by molar-refractivity contribution is 0.199. The van der Waals surface area contributed by atoms with Gasteiger partial charge in [0.1, 0.15) is 5.82 Å². The van der Waals surface area contributed by atoms with E-state index in [2.05, 4.69) is 70.4 Å². The molecule has 29 heavy (non-hydrogen) atoms. The van der Waals surface area contributed by atoms with Gasteiger partial charge in [-0.1, -0.05) is 29.8 Å². The van der Waals surface area contributed by atoms with Gasteiger partial charge in [-0.25, -0.2) is 9.07 Å². The monoisotopic (exact) mass is 394 g/mol. The van der Waals surface area contributed by atoms with Crippen molar-refractivity contribution in [2.24, 2.45) is 0 Å². The van der Waals surface area contributed by atoms with E-state index >= 15 is 0 Å². The molecule has 2 aromatic carbocycles. The molecule has 6 nitrogen and oxygen atoms in total. The second-order valence-electron chi connectivity index (χ2n) is 7.89. The van der Waals surface area contributed by atoms with E-state index in [0.717, 1.165) is 37.7 Å². The number of rotatable bonds is 5. The van der Waals surface area contributed by atoms with Crippen LogP contribution in [0, 0.1) is 12.7 Å². The van der Waals surface area contributed by atoms with Gasteiger partial charge in [-0.05, 0) is 61.0 Å². The molecule has 1 aromatic heterocycles. The smallest absolute Gasteiger partial charge is 0.173 e. The summed E-state index contributed by atoms with van der Waals surface area (Å²) in [4.78, 5) is 4.74. The maximum Gasteiger partial charge on any atom is 0.173 e. The van der Waals surface area contributed by atoms with Crippen molar-refractivity contribution in [1.82, 2.24) is 25.1 Å². The zero-order chi connectivity index (χ0) is 20.4. The number of nitrogens with zero attached hydrogens (tertiary/aromatic N) is 6. The average molecular weight is 394 g/mol. The van der Waals surface area contributed by atoms with Crippen molar-refractivity contribution in [3.8, 4) is 0 Å². The van der Waals surface area contributed by atoms with Gasteiger partial charge >= 0.3 is 0 Å². The van der Waals surface area contributed by atoms with Crippen LogP contribution in [-0.2, 0) is 0 Å². The van der Waals surface area contributed by atoms with Crippen LogP contribution in [0.5, 0.6) is 0 Å². The lowest BCUT2D eigenvalue weighted by atomic mass is 10.0. The Morgan fingerprint density at radius 3 is 2.17 bits per heavy atom. The molecule has 0 bridgehead atoms. The molecule has 2 heterocycles. The summed E-state index contributed by atoms with van der Waals surface area (Å²) in [5.41, 5.74) is 3.49. The highest BCUT2D eigenvalue weighted by Gasteiger charge is 2.31. The first kappa shape index (κ1) is 19.5. The highest BCUT2D eigenvalue weighted by atomic mass is 19.1. The molecule has 0 N–H and O–H groups in total. The maximum absolute atomic E-state index is 13.3. The fraction of sp³-hybridized carbons (Fsp3) is 0.409. The Morgan fingerprint density at radius 1 is 0.897 bits per heavy atom. The Labute approximate surface area is 170 Å². The van der Waals surface area contributed by atoms with E-state index in [4.69, 9.17) is 0 Å². The Balaban J connectivity index is 1.60. The number of piperazine rings is 1. The molecule has 4 rings (SSSR count). The third-order valence-corrected chi connectivity index (χ3v) is 5.52. The molecule has 1 atom stereocenters.